The van der Waals surface area contributed by atoms with Crippen molar-refractivity contribution in [1.29, 1.82) is 0 Å². The average Bonchev–Trinajstić information content (AvgIpc) is 2.89. The summed E-state index contributed by atoms with van der Waals surface area (Å²) in [4.78, 5) is 26.4. The highest BCUT2D eigenvalue weighted by molar-refractivity contribution is 8.18. The van der Waals surface area contributed by atoms with Gasteiger partial charge in [-0.1, -0.05) is 49.4 Å². The summed E-state index contributed by atoms with van der Waals surface area (Å²) in [5.74, 6) is 0.557. The fraction of sp³-hybridized carbons (Fsp3) is 0.200. The van der Waals surface area contributed by atoms with Crippen LogP contribution in [0.25, 0.3) is 6.08 Å². The summed E-state index contributed by atoms with van der Waals surface area (Å²) >= 11 is 0.981. The van der Waals surface area contributed by atoms with Crippen LogP contribution in [0.2, 0.25) is 0 Å². The number of hydrogen-bond donors (Lipinski definition) is 0. The number of amides is 2. The van der Waals surface area contributed by atoms with E-state index in [4.69, 9.17) is 4.74 Å². The van der Waals surface area contributed by atoms with Crippen molar-refractivity contribution in [3.63, 3.8) is 0 Å². The Morgan fingerprint density at radius 2 is 1.76 bits per heavy atom. The molecule has 5 heteroatoms. The van der Waals surface area contributed by atoms with Gasteiger partial charge in [0.2, 0.25) is 0 Å². The molecule has 0 aromatic heterocycles. The lowest BCUT2D eigenvalue weighted by atomic mass is 10.2. The van der Waals surface area contributed by atoms with Crippen molar-refractivity contribution in [2.45, 2.75) is 19.9 Å². The Kier molecular flexibility index (Phi) is 5.56. The molecular formula is C20H19NO3S. The molecule has 1 aliphatic rings. The molecule has 128 valence electrons. The highest BCUT2D eigenvalue weighted by Crippen LogP contribution is 2.33. The van der Waals surface area contributed by atoms with E-state index < -0.39 is 0 Å². The number of hydrogen-bond acceptors (Lipinski definition) is 4. The highest BCUT2D eigenvalue weighted by atomic mass is 32.2. The first-order chi connectivity index (χ1) is 12.2. The van der Waals surface area contributed by atoms with Gasteiger partial charge in [0.25, 0.3) is 11.1 Å². The van der Waals surface area contributed by atoms with Crippen LogP contribution in [-0.4, -0.2) is 22.7 Å². The standard InChI is InChI=1S/C20H19NO3S/c1-2-12-24-17-10-8-15(9-11-17)13-18-19(22)21(20(23)25-18)14-16-6-4-3-5-7-16/h3-11,13H,2,12,14H2,1H3/b18-13-. The van der Waals surface area contributed by atoms with Gasteiger partial charge in [0.15, 0.2) is 0 Å². The summed E-state index contributed by atoms with van der Waals surface area (Å²) in [5, 5.41) is -0.233. The number of ether oxygens (including phenoxy) is 1. The summed E-state index contributed by atoms with van der Waals surface area (Å²) < 4.78 is 5.55. The molecule has 0 spiro atoms. The minimum Gasteiger partial charge on any atom is -0.494 e. The Morgan fingerprint density at radius 3 is 2.44 bits per heavy atom. The first-order valence-electron chi connectivity index (χ1n) is 8.19. The van der Waals surface area contributed by atoms with Crippen molar-refractivity contribution in [3.8, 4) is 5.75 Å². The second-order valence-electron chi connectivity index (χ2n) is 5.67. The molecule has 2 amide bonds. The van der Waals surface area contributed by atoms with E-state index >= 15 is 0 Å². The van der Waals surface area contributed by atoms with Crippen LogP contribution in [0.4, 0.5) is 4.79 Å². The van der Waals surface area contributed by atoms with Crippen LogP contribution >= 0.6 is 11.8 Å². The second-order valence-corrected chi connectivity index (χ2v) is 6.66. The van der Waals surface area contributed by atoms with Crippen molar-refractivity contribution >= 4 is 29.0 Å². The van der Waals surface area contributed by atoms with E-state index in [0.29, 0.717) is 18.1 Å². The third-order valence-corrected chi connectivity index (χ3v) is 4.62. The zero-order valence-corrected chi connectivity index (χ0v) is 14.8. The SMILES string of the molecule is CCCOc1ccc(/C=C2\SC(=O)N(Cc3ccccc3)C2=O)cc1. The third-order valence-electron chi connectivity index (χ3n) is 3.71. The van der Waals surface area contributed by atoms with Crippen molar-refractivity contribution in [3.05, 3.63) is 70.6 Å². The van der Waals surface area contributed by atoms with Crippen molar-refractivity contribution in [1.82, 2.24) is 4.90 Å². The molecule has 4 nitrogen and oxygen atoms in total. The molecule has 25 heavy (non-hydrogen) atoms. The summed E-state index contributed by atoms with van der Waals surface area (Å²) in [6.07, 6.45) is 2.70. The number of thioether (sulfide) groups is 1. The monoisotopic (exact) mass is 353 g/mol. The van der Waals surface area contributed by atoms with Gasteiger partial charge in [0.1, 0.15) is 5.75 Å². The van der Waals surface area contributed by atoms with Crippen LogP contribution in [0.1, 0.15) is 24.5 Å². The Bertz CT molecular complexity index is 784. The van der Waals surface area contributed by atoms with Crippen molar-refractivity contribution in [2.24, 2.45) is 0 Å². The molecule has 0 aliphatic carbocycles. The number of carbonyl (C=O) groups excluding carboxylic acids is 2. The van der Waals surface area contributed by atoms with Gasteiger partial charge in [-0.2, -0.15) is 0 Å². The molecule has 0 saturated carbocycles. The van der Waals surface area contributed by atoms with Crippen LogP contribution in [-0.2, 0) is 11.3 Å². The number of benzene rings is 2. The second kappa shape index (κ2) is 8.03. The maximum Gasteiger partial charge on any atom is 0.293 e. The number of imide groups is 1. The molecule has 2 aromatic carbocycles. The molecule has 1 aliphatic heterocycles. The largest absolute Gasteiger partial charge is 0.494 e. The van der Waals surface area contributed by atoms with E-state index in [1.165, 1.54) is 4.90 Å². The zero-order chi connectivity index (χ0) is 17.6. The molecular weight excluding hydrogens is 334 g/mol. The van der Waals surface area contributed by atoms with E-state index in [1.807, 2.05) is 54.6 Å². The molecule has 0 unspecified atom stereocenters. The van der Waals surface area contributed by atoms with Crippen LogP contribution in [0.15, 0.2) is 59.5 Å². The van der Waals surface area contributed by atoms with Gasteiger partial charge in [-0.15, -0.1) is 0 Å². The van der Waals surface area contributed by atoms with E-state index in [9.17, 15) is 9.59 Å². The fourth-order valence-electron chi connectivity index (χ4n) is 2.43. The first-order valence-corrected chi connectivity index (χ1v) is 9.01. The Morgan fingerprint density at radius 1 is 1.04 bits per heavy atom. The fourth-order valence-corrected chi connectivity index (χ4v) is 3.27. The van der Waals surface area contributed by atoms with Crippen LogP contribution in [0, 0.1) is 0 Å². The Hall–Kier alpha value is -2.53. The Labute approximate surface area is 151 Å². The lowest BCUT2D eigenvalue weighted by Gasteiger charge is -2.12. The van der Waals surface area contributed by atoms with Gasteiger partial charge in [0, 0.05) is 0 Å². The predicted molar refractivity (Wildman–Crippen MR) is 100 cm³/mol. The summed E-state index contributed by atoms with van der Waals surface area (Å²) in [6.45, 7) is 3.03. The Balaban J connectivity index is 1.71. The molecule has 1 saturated heterocycles. The van der Waals surface area contributed by atoms with Crippen LogP contribution < -0.4 is 4.74 Å². The van der Waals surface area contributed by atoms with Crippen LogP contribution in [0.5, 0.6) is 5.75 Å². The van der Waals surface area contributed by atoms with Gasteiger partial charge in [0.05, 0.1) is 18.1 Å². The van der Waals surface area contributed by atoms with E-state index in [2.05, 4.69) is 6.92 Å². The quantitative estimate of drug-likeness (QED) is 0.706. The van der Waals surface area contributed by atoms with E-state index in [1.54, 1.807) is 6.08 Å². The molecule has 1 heterocycles. The lowest BCUT2D eigenvalue weighted by Crippen LogP contribution is -2.27. The van der Waals surface area contributed by atoms with Gasteiger partial charge in [-0.05, 0) is 47.5 Å². The first kappa shape index (κ1) is 17.3. The normalized spacial score (nSPS) is 15.9. The van der Waals surface area contributed by atoms with E-state index in [0.717, 1.165) is 35.1 Å². The molecule has 0 radical (unpaired) electrons. The summed E-state index contributed by atoms with van der Waals surface area (Å²) in [6, 6.07) is 17.0. The highest BCUT2D eigenvalue weighted by Gasteiger charge is 2.34. The number of rotatable bonds is 6. The van der Waals surface area contributed by atoms with E-state index in [-0.39, 0.29) is 11.1 Å². The summed E-state index contributed by atoms with van der Waals surface area (Å²) in [5.41, 5.74) is 1.80. The molecule has 0 atom stereocenters. The maximum atomic E-state index is 12.5. The van der Waals surface area contributed by atoms with Gasteiger partial charge >= 0.3 is 0 Å². The predicted octanol–water partition coefficient (Wildman–Crippen LogP) is 4.71. The minimum atomic E-state index is -0.245. The minimum absolute atomic E-state index is 0.233. The summed E-state index contributed by atoms with van der Waals surface area (Å²) in [7, 11) is 0. The topological polar surface area (TPSA) is 46.6 Å². The molecule has 3 rings (SSSR count). The molecule has 0 N–H and O–H groups in total. The number of nitrogens with zero attached hydrogens (tertiary/aromatic N) is 1. The molecule has 1 fully saturated rings. The van der Waals surface area contributed by atoms with Gasteiger partial charge in [-0.3, -0.25) is 14.5 Å². The lowest BCUT2D eigenvalue weighted by molar-refractivity contribution is -0.123. The molecule has 0 bridgehead atoms. The third kappa shape index (κ3) is 4.31. The van der Waals surface area contributed by atoms with Crippen molar-refractivity contribution in [2.75, 3.05) is 6.61 Å². The molecule has 2 aromatic rings. The van der Waals surface area contributed by atoms with Crippen LogP contribution in [0.3, 0.4) is 0 Å². The number of carbonyl (C=O) groups is 2. The maximum absolute atomic E-state index is 12.5. The smallest absolute Gasteiger partial charge is 0.293 e. The zero-order valence-electron chi connectivity index (χ0n) is 14.0. The average molecular weight is 353 g/mol. The van der Waals surface area contributed by atoms with Gasteiger partial charge in [-0.25, -0.2) is 0 Å². The van der Waals surface area contributed by atoms with Crippen molar-refractivity contribution < 1.29 is 14.3 Å². The van der Waals surface area contributed by atoms with Gasteiger partial charge < -0.3 is 4.74 Å².